The first-order chi connectivity index (χ1) is 11.6. The van der Waals surface area contributed by atoms with Crippen LogP contribution >= 0.6 is 24.0 Å². The van der Waals surface area contributed by atoms with Crippen LogP contribution in [0.15, 0.2) is 29.3 Å². The second kappa shape index (κ2) is 13.7. The van der Waals surface area contributed by atoms with Crippen LogP contribution < -0.4 is 15.4 Å². The van der Waals surface area contributed by atoms with Crippen molar-refractivity contribution in [1.82, 2.24) is 15.5 Å². The molecule has 0 aliphatic carbocycles. The van der Waals surface area contributed by atoms with E-state index >= 15 is 0 Å². The van der Waals surface area contributed by atoms with Gasteiger partial charge in [0.25, 0.3) is 0 Å². The largest absolute Gasteiger partial charge is 0.492 e. The number of methoxy groups -OCH3 is 1. The summed E-state index contributed by atoms with van der Waals surface area (Å²) < 4.78 is 10.6. The van der Waals surface area contributed by atoms with E-state index in [9.17, 15) is 4.79 Å². The number of hydrogen-bond donors (Lipinski definition) is 2. The molecule has 0 aliphatic heterocycles. The summed E-state index contributed by atoms with van der Waals surface area (Å²) in [5.74, 6) is 1.39. The van der Waals surface area contributed by atoms with Gasteiger partial charge in [0.2, 0.25) is 5.91 Å². The fourth-order valence-corrected chi connectivity index (χ4v) is 1.94. The highest BCUT2D eigenvalue weighted by atomic mass is 127. The number of benzene rings is 1. The molecule has 1 amide bonds. The average molecular weight is 464 g/mol. The van der Waals surface area contributed by atoms with Gasteiger partial charge in [-0.15, -0.1) is 24.0 Å². The van der Waals surface area contributed by atoms with Crippen LogP contribution in [0.3, 0.4) is 0 Å². The molecule has 0 aromatic heterocycles. The van der Waals surface area contributed by atoms with Crippen molar-refractivity contribution >= 4 is 35.8 Å². The molecule has 8 heteroatoms. The zero-order valence-electron chi connectivity index (χ0n) is 15.4. The van der Waals surface area contributed by atoms with Gasteiger partial charge in [0, 0.05) is 27.7 Å². The molecular weight excluding hydrogens is 435 g/mol. The van der Waals surface area contributed by atoms with E-state index in [1.165, 1.54) is 5.56 Å². The van der Waals surface area contributed by atoms with E-state index in [-0.39, 0.29) is 36.4 Å². The molecule has 0 spiro atoms. The number of guanidine groups is 1. The molecule has 0 aliphatic rings. The van der Waals surface area contributed by atoms with E-state index in [1.807, 2.05) is 43.1 Å². The van der Waals surface area contributed by atoms with Gasteiger partial charge < -0.3 is 25.0 Å². The number of carbonyl (C=O) groups excluding carboxylic acids is 1. The van der Waals surface area contributed by atoms with E-state index in [0.717, 1.165) is 5.75 Å². The van der Waals surface area contributed by atoms with Gasteiger partial charge in [-0.2, -0.15) is 0 Å². The molecule has 0 atom stereocenters. The third-order valence-electron chi connectivity index (χ3n) is 3.33. The van der Waals surface area contributed by atoms with Gasteiger partial charge in [-0.25, -0.2) is 0 Å². The molecule has 0 radical (unpaired) electrons. The van der Waals surface area contributed by atoms with Crippen molar-refractivity contribution in [2.24, 2.45) is 4.99 Å². The van der Waals surface area contributed by atoms with Crippen LogP contribution in [-0.2, 0) is 9.53 Å². The van der Waals surface area contributed by atoms with Crippen molar-refractivity contribution in [3.63, 3.8) is 0 Å². The molecule has 0 saturated carbocycles. The highest BCUT2D eigenvalue weighted by Crippen LogP contribution is 2.10. The van der Waals surface area contributed by atoms with Crippen molar-refractivity contribution in [2.75, 3.05) is 54.1 Å². The lowest BCUT2D eigenvalue weighted by Gasteiger charge is -2.22. The molecule has 0 bridgehead atoms. The molecule has 0 unspecified atom stereocenters. The Morgan fingerprint density at radius 1 is 1.20 bits per heavy atom. The minimum Gasteiger partial charge on any atom is -0.492 e. The first kappa shape index (κ1) is 23.4. The van der Waals surface area contributed by atoms with E-state index in [0.29, 0.717) is 32.3 Å². The first-order valence-corrected chi connectivity index (χ1v) is 7.93. The van der Waals surface area contributed by atoms with Crippen molar-refractivity contribution in [3.05, 3.63) is 29.8 Å². The van der Waals surface area contributed by atoms with Crippen molar-refractivity contribution in [3.8, 4) is 5.75 Å². The molecule has 1 aromatic carbocycles. The molecule has 1 rings (SSSR count). The number of halogens is 1. The Bertz CT molecular complexity index is 523. The number of aliphatic imine (C=N–C) groups is 1. The summed E-state index contributed by atoms with van der Waals surface area (Å²) in [6.45, 7) is 4.38. The Balaban J connectivity index is 0.00000576. The van der Waals surface area contributed by atoms with E-state index in [2.05, 4.69) is 15.6 Å². The predicted molar refractivity (Wildman–Crippen MR) is 111 cm³/mol. The quantitative estimate of drug-likeness (QED) is 0.249. The number of rotatable bonds is 9. The molecule has 142 valence electrons. The Morgan fingerprint density at radius 3 is 2.48 bits per heavy atom. The van der Waals surface area contributed by atoms with Gasteiger partial charge in [-0.05, 0) is 19.1 Å². The van der Waals surface area contributed by atoms with Crippen molar-refractivity contribution in [2.45, 2.75) is 6.92 Å². The molecule has 25 heavy (non-hydrogen) atoms. The van der Waals surface area contributed by atoms with Crippen LogP contribution in [0.4, 0.5) is 0 Å². The van der Waals surface area contributed by atoms with E-state index < -0.39 is 0 Å². The average Bonchev–Trinajstić information content (AvgIpc) is 2.57. The summed E-state index contributed by atoms with van der Waals surface area (Å²) in [4.78, 5) is 17.7. The van der Waals surface area contributed by atoms with Gasteiger partial charge in [0.15, 0.2) is 5.96 Å². The number of likely N-dealkylation sites (N-methyl/N-ethyl adjacent to an activating group) is 1. The summed E-state index contributed by atoms with van der Waals surface area (Å²) in [6, 6.07) is 7.93. The summed E-state index contributed by atoms with van der Waals surface area (Å²) >= 11 is 0. The summed E-state index contributed by atoms with van der Waals surface area (Å²) in [5, 5.41) is 5.77. The zero-order valence-corrected chi connectivity index (χ0v) is 17.7. The normalized spacial score (nSPS) is 10.6. The Kier molecular flexibility index (Phi) is 12.9. The number of nitrogens with one attached hydrogen (secondary N) is 2. The molecule has 0 heterocycles. The van der Waals surface area contributed by atoms with E-state index in [4.69, 9.17) is 9.47 Å². The maximum atomic E-state index is 11.7. The topological polar surface area (TPSA) is 75.2 Å². The third kappa shape index (κ3) is 10.1. The predicted octanol–water partition coefficient (Wildman–Crippen LogP) is 1.26. The van der Waals surface area contributed by atoms with Gasteiger partial charge in [0.1, 0.15) is 12.4 Å². The van der Waals surface area contributed by atoms with Crippen LogP contribution in [-0.4, -0.2) is 70.8 Å². The fourth-order valence-electron chi connectivity index (χ4n) is 1.94. The minimum absolute atomic E-state index is 0. The maximum absolute atomic E-state index is 11.7. The number of hydrogen-bond acceptors (Lipinski definition) is 4. The number of carbonyl (C=O) groups is 1. The Morgan fingerprint density at radius 2 is 1.88 bits per heavy atom. The Labute approximate surface area is 167 Å². The maximum Gasteiger partial charge on any atom is 0.239 e. The highest BCUT2D eigenvalue weighted by molar-refractivity contribution is 14.0. The SMILES string of the molecule is CN=C(NCC(=O)NCCOC)N(C)CCOc1ccc(C)cc1.I. The van der Waals surface area contributed by atoms with Crippen LogP contribution in [0.2, 0.25) is 0 Å². The van der Waals surface area contributed by atoms with Crippen molar-refractivity contribution < 1.29 is 14.3 Å². The molecule has 0 saturated heterocycles. The second-order valence-electron chi connectivity index (χ2n) is 5.33. The third-order valence-corrected chi connectivity index (χ3v) is 3.33. The lowest BCUT2D eigenvalue weighted by molar-refractivity contribution is -0.120. The van der Waals surface area contributed by atoms with Gasteiger partial charge in [0.05, 0.1) is 19.7 Å². The molecular formula is C17H29IN4O3. The number of aryl methyl sites for hydroxylation is 1. The highest BCUT2D eigenvalue weighted by Gasteiger charge is 2.08. The van der Waals surface area contributed by atoms with Crippen LogP contribution in [0.1, 0.15) is 5.56 Å². The Hall–Kier alpha value is -1.55. The monoisotopic (exact) mass is 464 g/mol. The first-order valence-electron chi connectivity index (χ1n) is 7.93. The van der Waals surface area contributed by atoms with Crippen LogP contribution in [0.25, 0.3) is 0 Å². The summed E-state index contributed by atoms with van der Waals surface area (Å²) in [6.07, 6.45) is 0. The van der Waals surface area contributed by atoms with E-state index in [1.54, 1.807) is 14.2 Å². The molecule has 0 fully saturated rings. The van der Waals surface area contributed by atoms with Gasteiger partial charge in [-0.1, -0.05) is 17.7 Å². The number of ether oxygens (including phenoxy) is 2. The summed E-state index contributed by atoms with van der Waals surface area (Å²) in [5.41, 5.74) is 1.20. The molecule has 7 nitrogen and oxygen atoms in total. The summed E-state index contributed by atoms with van der Waals surface area (Å²) in [7, 11) is 5.18. The number of nitrogens with zero attached hydrogens (tertiary/aromatic N) is 2. The van der Waals surface area contributed by atoms with Crippen LogP contribution in [0, 0.1) is 6.92 Å². The van der Waals surface area contributed by atoms with Gasteiger partial charge in [-0.3, -0.25) is 9.79 Å². The lowest BCUT2D eigenvalue weighted by atomic mass is 10.2. The zero-order chi connectivity index (χ0) is 17.8. The minimum atomic E-state index is -0.0995. The van der Waals surface area contributed by atoms with Crippen molar-refractivity contribution in [1.29, 1.82) is 0 Å². The van der Waals surface area contributed by atoms with Gasteiger partial charge >= 0.3 is 0 Å². The van der Waals surface area contributed by atoms with Crippen LogP contribution in [0.5, 0.6) is 5.75 Å². The smallest absolute Gasteiger partial charge is 0.239 e. The fraction of sp³-hybridized carbons (Fsp3) is 0.529. The molecule has 2 N–H and O–H groups in total. The second-order valence-corrected chi connectivity index (χ2v) is 5.33. The number of amides is 1. The standard InChI is InChI=1S/C17H28N4O3.HI/c1-14-5-7-15(8-6-14)24-12-10-21(3)17(18-2)20-13-16(22)19-9-11-23-4;/h5-8H,9-13H2,1-4H3,(H,18,20)(H,19,22);1H. The lowest BCUT2D eigenvalue weighted by Crippen LogP contribution is -2.45. The molecule has 1 aromatic rings.